The minimum Gasteiger partial charge on any atom is -0.497 e. The number of carbonyl (C=O) groups is 1. The molecule has 10 nitrogen and oxygen atoms in total. The lowest BCUT2D eigenvalue weighted by molar-refractivity contribution is -0.130. The van der Waals surface area contributed by atoms with Crippen molar-refractivity contribution in [3.8, 4) is 23.1 Å². The normalized spacial score (nSPS) is 15.2. The van der Waals surface area contributed by atoms with E-state index in [-0.39, 0.29) is 29.3 Å². The summed E-state index contributed by atoms with van der Waals surface area (Å²) in [5.74, 6) is 0.0449. The topological polar surface area (TPSA) is 126 Å². The molecule has 2 N–H and O–H groups in total. The van der Waals surface area contributed by atoms with Crippen molar-refractivity contribution in [1.29, 1.82) is 0 Å². The number of amides is 1. The van der Waals surface area contributed by atoms with Crippen LogP contribution >= 0.6 is 11.6 Å². The average Bonchev–Trinajstić information content (AvgIpc) is 3.23. The highest BCUT2D eigenvalue weighted by Crippen LogP contribution is 2.39. The zero-order valence-electron chi connectivity index (χ0n) is 18.5. The van der Waals surface area contributed by atoms with Gasteiger partial charge in [-0.1, -0.05) is 17.7 Å². The van der Waals surface area contributed by atoms with E-state index in [1.807, 2.05) is 0 Å². The van der Waals surface area contributed by atoms with E-state index in [4.69, 9.17) is 21.1 Å². The van der Waals surface area contributed by atoms with Gasteiger partial charge in [0, 0.05) is 30.0 Å². The minimum absolute atomic E-state index is 0.0899. The predicted octanol–water partition coefficient (Wildman–Crippen LogP) is 2.60. The fraction of sp³-hybridized carbons (Fsp3) is 0.217. The Bertz CT molecular complexity index is 1430. The van der Waals surface area contributed by atoms with E-state index in [1.54, 1.807) is 36.4 Å². The van der Waals surface area contributed by atoms with Crippen LogP contribution in [0.5, 0.6) is 17.4 Å². The molecule has 2 aromatic carbocycles. The molecule has 0 saturated carbocycles. The fourth-order valence-corrected chi connectivity index (χ4v) is 4.11. The van der Waals surface area contributed by atoms with Gasteiger partial charge in [-0.3, -0.25) is 14.6 Å². The van der Waals surface area contributed by atoms with Crippen LogP contribution in [-0.2, 0) is 4.79 Å². The smallest absolute Gasteiger partial charge is 0.335 e. The molecule has 34 heavy (non-hydrogen) atoms. The second-order valence-corrected chi connectivity index (χ2v) is 7.95. The molecule has 4 rings (SSSR count). The van der Waals surface area contributed by atoms with Crippen molar-refractivity contribution in [2.75, 3.05) is 14.2 Å². The number of nitrogens with zero attached hydrogens (tertiary/aromatic N) is 3. The Hall–Kier alpha value is -4.05. The number of halogens is 1. The lowest BCUT2D eigenvalue weighted by Crippen LogP contribution is -2.33. The molecule has 1 aromatic heterocycles. The Kier molecular flexibility index (Phi) is 6.16. The number of aromatic nitrogens is 2. The van der Waals surface area contributed by atoms with Gasteiger partial charge in [0.05, 0.1) is 31.7 Å². The van der Waals surface area contributed by atoms with E-state index >= 15 is 0 Å². The molecule has 0 aliphatic carbocycles. The summed E-state index contributed by atoms with van der Waals surface area (Å²) in [5.41, 5.74) is -0.873. The van der Waals surface area contributed by atoms with Crippen LogP contribution in [0.25, 0.3) is 5.69 Å². The Balaban J connectivity index is 1.84. The summed E-state index contributed by atoms with van der Waals surface area (Å²) in [4.78, 5) is 39.9. The second-order valence-electron chi connectivity index (χ2n) is 7.51. The zero-order chi connectivity index (χ0) is 24.6. The van der Waals surface area contributed by atoms with Crippen molar-refractivity contribution in [3.63, 3.8) is 0 Å². The van der Waals surface area contributed by atoms with Gasteiger partial charge in [-0.25, -0.2) is 14.4 Å². The summed E-state index contributed by atoms with van der Waals surface area (Å²) < 4.78 is 11.6. The first-order chi connectivity index (χ1) is 16.2. The van der Waals surface area contributed by atoms with E-state index < -0.39 is 23.2 Å². The lowest BCUT2D eigenvalue weighted by Gasteiger charge is -2.22. The van der Waals surface area contributed by atoms with Crippen LogP contribution in [-0.4, -0.2) is 45.5 Å². The molecule has 176 valence electrons. The SMILES string of the molecule is COc1ccc([C@@H]2CC(c3c(O)n(-c4cccc(Cl)c4)c(=O)[nH]c3=O)=NN2C(C)=O)c(OC)c1. The van der Waals surface area contributed by atoms with Crippen LogP contribution in [0.2, 0.25) is 5.02 Å². The van der Waals surface area contributed by atoms with Crippen molar-refractivity contribution in [2.24, 2.45) is 5.10 Å². The van der Waals surface area contributed by atoms with E-state index in [0.717, 1.165) is 4.57 Å². The Morgan fingerprint density at radius 2 is 1.94 bits per heavy atom. The summed E-state index contributed by atoms with van der Waals surface area (Å²) in [6, 6.07) is 10.8. The molecular weight excluding hydrogens is 464 g/mol. The molecule has 0 spiro atoms. The van der Waals surface area contributed by atoms with Gasteiger partial charge < -0.3 is 14.6 Å². The molecule has 0 unspecified atom stereocenters. The van der Waals surface area contributed by atoms with E-state index in [1.165, 1.54) is 32.2 Å². The first kappa shape index (κ1) is 23.1. The summed E-state index contributed by atoms with van der Waals surface area (Å²) in [7, 11) is 3.02. The van der Waals surface area contributed by atoms with Gasteiger partial charge in [0.25, 0.3) is 5.56 Å². The Labute approximate surface area is 198 Å². The van der Waals surface area contributed by atoms with Crippen LogP contribution in [0.4, 0.5) is 0 Å². The average molecular weight is 485 g/mol. The van der Waals surface area contributed by atoms with Gasteiger partial charge >= 0.3 is 5.69 Å². The van der Waals surface area contributed by atoms with Crippen LogP contribution in [0.15, 0.2) is 57.2 Å². The third-order valence-electron chi connectivity index (χ3n) is 5.47. The number of benzene rings is 2. The third kappa shape index (κ3) is 4.03. The molecule has 11 heteroatoms. The molecule has 2 heterocycles. The van der Waals surface area contributed by atoms with Gasteiger partial charge in [0.2, 0.25) is 11.8 Å². The maximum atomic E-state index is 12.7. The number of hydrogen-bond donors (Lipinski definition) is 2. The fourth-order valence-electron chi connectivity index (χ4n) is 3.93. The number of methoxy groups -OCH3 is 2. The first-order valence-electron chi connectivity index (χ1n) is 10.2. The van der Waals surface area contributed by atoms with Crippen LogP contribution in [0, 0.1) is 0 Å². The molecule has 1 aliphatic rings. The summed E-state index contributed by atoms with van der Waals surface area (Å²) >= 11 is 6.03. The molecule has 1 aliphatic heterocycles. The molecule has 3 aromatic rings. The minimum atomic E-state index is -0.844. The van der Waals surface area contributed by atoms with Crippen molar-refractivity contribution in [1.82, 2.24) is 14.6 Å². The maximum absolute atomic E-state index is 12.7. The molecule has 1 amide bonds. The third-order valence-corrected chi connectivity index (χ3v) is 5.71. The standard InChI is InChI=1S/C23H21ClN4O6/c1-12(29)28-18(16-8-7-15(33-2)10-19(16)34-3)11-17(26-28)20-21(30)25-23(32)27(22(20)31)14-6-4-5-13(24)9-14/h4-10,18,31H,11H2,1-3H3,(H,25,30,32)/t18-/m0/s1. The number of ether oxygens (including phenoxy) is 2. The predicted molar refractivity (Wildman–Crippen MR) is 125 cm³/mol. The number of hydrogen-bond acceptors (Lipinski definition) is 7. The number of nitrogens with one attached hydrogen (secondary N) is 1. The van der Waals surface area contributed by atoms with Gasteiger partial charge in [0.15, 0.2) is 0 Å². The van der Waals surface area contributed by atoms with Crippen LogP contribution in [0.1, 0.15) is 30.5 Å². The van der Waals surface area contributed by atoms with Gasteiger partial charge in [-0.2, -0.15) is 5.10 Å². The van der Waals surface area contributed by atoms with Crippen molar-refractivity contribution in [3.05, 3.63) is 79.5 Å². The van der Waals surface area contributed by atoms with Gasteiger partial charge in [-0.15, -0.1) is 0 Å². The zero-order valence-corrected chi connectivity index (χ0v) is 19.3. The number of H-pyrrole nitrogens is 1. The van der Waals surface area contributed by atoms with Gasteiger partial charge in [0.1, 0.15) is 17.1 Å². The monoisotopic (exact) mass is 484 g/mol. The van der Waals surface area contributed by atoms with Crippen LogP contribution < -0.4 is 20.7 Å². The van der Waals surface area contributed by atoms with Crippen molar-refractivity contribution >= 4 is 23.2 Å². The number of aromatic hydroxyl groups is 1. The quantitative estimate of drug-likeness (QED) is 0.573. The number of rotatable bonds is 5. The highest BCUT2D eigenvalue weighted by atomic mass is 35.5. The summed E-state index contributed by atoms with van der Waals surface area (Å²) in [6.45, 7) is 1.34. The molecule has 0 saturated heterocycles. The molecule has 0 radical (unpaired) electrons. The summed E-state index contributed by atoms with van der Waals surface area (Å²) in [6.07, 6.45) is 0.0899. The highest BCUT2D eigenvalue weighted by Gasteiger charge is 2.36. The van der Waals surface area contributed by atoms with Gasteiger partial charge in [-0.05, 0) is 30.3 Å². The maximum Gasteiger partial charge on any atom is 0.335 e. The summed E-state index contributed by atoms with van der Waals surface area (Å²) in [5, 5.41) is 16.9. The number of carbonyl (C=O) groups excluding carboxylic acids is 1. The van der Waals surface area contributed by atoms with Crippen LogP contribution in [0.3, 0.4) is 0 Å². The van der Waals surface area contributed by atoms with Crippen molar-refractivity contribution < 1.29 is 19.4 Å². The number of aromatic amines is 1. The van der Waals surface area contributed by atoms with Crippen molar-refractivity contribution in [2.45, 2.75) is 19.4 Å². The molecule has 0 bridgehead atoms. The van der Waals surface area contributed by atoms with E-state index in [9.17, 15) is 19.5 Å². The second kappa shape index (κ2) is 9.06. The molecule has 0 fully saturated rings. The van der Waals surface area contributed by atoms with E-state index in [2.05, 4.69) is 10.1 Å². The Morgan fingerprint density at radius 1 is 1.18 bits per heavy atom. The number of hydrazone groups is 1. The molecule has 1 atom stereocenters. The largest absolute Gasteiger partial charge is 0.497 e. The highest BCUT2D eigenvalue weighted by molar-refractivity contribution is 6.30. The molecular formula is C23H21ClN4O6. The first-order valence-corrected chi connectivity index (χ1v) is 10.6. The Morgan fingerprint density at radius 3 is 2.59 bits per heavy atom. The van der Waals surface area contributed by atoms with E-state index in [0.29, 0.717) is 22.1 Å². The lowest BCUT2D eigenvalue weighted by atomic mass is 9.98.